The number of H-pyrrole nitrogens is 1. The quantitative estimate of drug-likeness (QED) is 0.636. The van der Waals surface area contributed by atoms with Crippen LogP contribution >= 0.6 is 11.6 Å². The van der Waals surface area contributed by atoms with E-state index in [0.717, 1.165) is 22.2 Å². The normalized spacial score (nSPS) is 10.2. The second-order valence-electron chi connectivity index (χ2n) is 2.81. The number of halogens is 1. The van der Waals surface area contributed by atoms with E-state index in [1.807, 2.05) is 13.0 Å². The largest absolute Gasteiger partial charge is 0.282 e. The standard InChI is InChI=1S/C10H7ClN2/c1-3-7-4-5-8(11)10-9(7)6(2)12-13-10/h1,4-5H,2H3,(H,12,13). The van der Waals surface area contributed by atoms with Gasteiger partial charge in [-0.15, -0.1) is 6.42 Å². The van der Waals surface area contributed by atoms with Crippen molar-refractivity contribution in [2.75, 3.05) is 0 Å². The highest BCUT2D eigenvalue weighted by atomic mass is 35.5. The number of hydrogen-bond donors (Lipinski definition) is 1. The van der Waals surface area contributed by atoms with Crippen molar-refractivity contribution in [1.29, 1.82) is 0 Å². The van der Waals surface area contributed by atoms with E-state index in [1.54, 1.807) is 6.07 Å². The Morgan fingerprint density at radius 1 is 1.54 bits per heavy atom. The summed E-state index contributed by atoms with van der Waals surface area (Å²) < 4.78 is 0. The van der Waals surface area contributed by atoms with Crippen molar-refractivity contribution in [3.63, 3.8) is 0 Å². The summed E-state index contributed by atoms with van der Waals surface area (Å²) in [7, 11) is 0. The first-order chi connectivity index (χ1) is 6.24. The summed E-state index contributed by atoms with van der Waals surface area (Å²) in [6.07, 6.45) is 5.36. The van der Waals surface area contributed by atoms with E-state index in [4.69, 9.17) is 18.0 Å². The zero-order valence-corrected chi connectivity index (χ0v) is 7.81. The molecule has 0 radical (unpaired) electrons. The van der Waals surface area contributed by atoms with E-state index in [2.05, 4.69) is 16.1 Å². The van der Waals surface area contributed by atoms with Crippen molar-refractivity contribution in [1.82, 2.24) is 10.2 Å². The third kappa shape index (κ3) is 1.09. The van der Waals surface area contributed by atoms with Crippen LogP contribution in [0.2, 0.25) is 5.02 Å². The highest BCUT2D eigenvalue weighted by molar-refractivity contribution is 6.35. The smallest absolute Gasteiger partial charge is 0.112 e. The average Bonchev–Trinajstić information content (AvgIpc) is 2.51. The van der Waals surface area contributed by atoms with Gasteiger partial charge in [-0.1, -0.05) is 17.5 Å². The number of fused-ring (bicyclic) bond motifs is 1. The minimum Gasteiger partial charge on any atom is -0.282 e. The molecule has 0 amide bonds. The Kier molecular flexibility index (Phi) is 1.75. The van der Waals surface area contributed by atoms with Gasteiger partial charge in [0.05, 0.1) is 5.02 Å². The second kappa shape index (κ2) is 2.79. The van der Waals surface area contributed by atoms with Gasteiger partial charge in [-0.3, -0.25) is 5.10 Å². The Bertz CT molecular complexity index is 505. The molecule has 0 aliphatic carbocycles. The van der Waals surface area contributed by atoms with E-state index in [0.29, 0.717) is 5.02 Å². The molecule has 0 atom stereocenters. The average molecular weight is 191 g/mol. The molecule has 1 heterocycles. The molecule has 0 unspecified atom stereocenters. The maximum Gasteiger partial charge on any atom is 0.112 e. The molecular formula is C10H7ClN2. The minimum atomic E-state index is 0.623. The van der Waals surface area contributed by atoms with Gasteiger partial charge < -0.3 is 0 Å². The van der Waals surface area contributed by atoms with Crippen LogP contribution in [0.3, 0.4) is 0 Å². The van der Waals surface area contributed by atoms with Crippen molar-refractivity contribution in [3.8, 4) is 12.3 Å². The zero-order valence-electron chi connectivity index (χ0n) is 7.06. The lowest BCUT2D eigenvalue weighted by Gasteiger charge is -1.96. The number of aromatic nitrogens is 2. The van der Waals surface area contributed by atoms with E-state index >= 15 is 0 Å². The van der Waals surface area contributed by atoms with Gasteiger partial charge in [0, 0.05) is 16.6 Å². The molecule has 1 N–H and O–H groups in total. The molecule has 0 spiro atoms. The molecule has 13 heavy (non-hydrogen) atoms. The molecule has 0 fully saturated rings. The van der Waals surface area contributed by atoms with Crippen molar-refractivity contribution in [2.24, 2.45) is 0 Å². The van der Waals surface area contributed by atoms with Crippen LogP contribution in [-0.2, 0) is 0 Å². The van der Waals surface area contributed by atoms with Gasteiger partial charge in [0.2, 0.25) is 0 Å². The molecular weight excluding hydrogens is 184 g/mol. The van der Waals surface area contributed by atoms with Gasteiger partial charge >= 0.3 is 0 Å². The number of nitrogens with one attached hydrogen (secondary N) is 1. The van der Waals surface area contributed by atoms with Crippen LogP contribution in [0.5, 0.6) is 0 Å². The summed E-state index contributed by atoms with van der Waals surface area (Å²) >= 11 is 5.95. The van der Waals surface area contributed by atoms with Crippen LogP contribution in [0, 0.1) is 19.3 Å². The molecule has 0 bridgehead atoms. The van der Waals surface area contributed by atoms with Gasteiger partial charge in [0.1, 0.15) is 5.52 Å². The van der Waals surface area contributed by atoms with Gasteiger partial charge in [0.15, 0.2) is 0 Å². The van der Waals surface area contributed by atoms with Crippen molar-refractivity contribution >= 4 is 22.5 Å². The Labute approximate surface area is 80.9 Å². The first-order valence-corrected chi connectivity index (χ1v) is 4.21. The Morgan fingerprint density at radius 2 is 2.31 bits per heavy atom. The molecule has 64 valence electrons. The lowest BCUT2D eigenvalue weighted by atomic mass is 10.1. The second-order valence-corrected chi connectivity index (χ2v) is 3.22. The SMILES string of the molecule is C#Cc1ccc(Cl)c2n[nH]c(C)c12. The van der Waals surface area contributed by atoms with Crippen molar-refractivity contribution in [2.45, 2.75) is 6.92 Å². The van der Waals surface area contributed by atoms with Crippen LogP contribution in [0.1, 0.15) is 11.3 Å². The third-order valence-electron chi connectivity index (χ3n) is 1.99. The van der Waals surface area contributed by atoms with Gasteiger partial charge in [-0.05, 0) is 19.1 Å². The van der Waals surface area contributed by atoms with Gasteiger partial charge in [0.25, 0.3) is 0 Å². The number of benzene rings is 1. The summed E-state index contributed by atoms with van der Waals surface area (Å²) in [5.74, 6) is 2.61. The fourth-order valence-corrected chi connectivity index (χ4v) is 1.57. The van der Waals surface area contributed by atoms with E-state index in [1.165, 1.54) is 0 Å². The van der Waals surface area contributed by atoms with Crippen LogP contribution in [0.25, 0.3) is 10.9 Å². The number of aromatic amines is 1. The predicted octanol–water partition coefficient (Wildman–Crippen LogP) is 2.51. The van der Waals surface area contributed by atoms with E-state index < -0.39 is 0 Å². The zero-order chi connectivity index (χ0) is 9.42. The Hall–Kier alpha value is -1.46. The Morgan fingerprint density at radius 3 is 3.00 bits per heavy atom. The fraction of sp³-hybridized carbons (Fsp3) is 0.100. The molecule has 2 rings (SSSR count). The lowest BCUT2D eigenvalue weighted by molar-refractivity contribution is 1.07. The van der Waals surface area contributed by atoms with Gasteiger partial charge in [-0.25, -0.2) is 0 Å². The third-order valence-corrected chi connectivity index (χ3v) is 2.30. The van der Waals surface area contributed by atoms with Crippen LogP contribution in [-0.4, -0.2) is 10.2 Å². The van der Waals surface area contributed by atoms with Crippen LogP contribution < -0.4 is 0 Å². The fourth-order valence-electron chi connectivity index (χ4n) is 1.37. The van der Waals surface area contributed by atoms with Gasteiger partial charge in [-0.2, -0.15) is 5.10 Å². The summed E-state index contributed by atoms with van der Waals surface area (Å²) in [6.45, 7) is 1.92. The maximum absolute atomic E-state index is 5.95. The highest BCUT2D eigenvalue weighted by Gasteiger charge is 2.08. The van der Waals surface area contributed by atoms with Crippen molar-refractivity contribution < 1.29 is 0 Å². The first-order valence-electron chi connectivity index (χ1n) is 3.84. The number of hydrogen-bond acceptors (Lipinski definition) is 1. The van der Waals surface area contributed by atoms with Crippen LogP contribution in [0.4, 0.5) is 0 Å². The highest BCUT2D eigenvalue weighted by Crippen LogP contribution is 2.26. The number of terminal acetylenes is 1. The van der Waals surface area contributed by atoms with E-state index in [9.17, 15) is 0 Å². The van der Waals surface area contributed by atoms with Crippen LogP contribution in [0.15, 0.2) is 12.1 Å². The molecule has 0 aliphatic rings. The lowest BCUT2D eigenvalue weighted by Crippen LogP contribution is -1.79. The Balaban J connectivity index is 2.99. The molecule has 1 aromatic carbocycles. The summed E-state index contributed by atoms with van der Waals surface area (Å²) in [5, 5.41) is 8.50. The summed E-state index contributed by atoms with van der Waals surface area (Å²) in [6, 6.07) is 3.59. The molecule has 0 saturated carbocycles. The number of aryl methyl sites for hydroxylation is 1. The van der Waals surface area contributed by atoms with Crippen molar-refractivity contribution in [3.05, 3.63) is 28.4 Å². The molecule has 0 aliphatic heterocycles. The monoisotopic (exact) mass is 190 g/mol. The molecule has 2 aromatic rings. The molecule has 1 aromatic heterocycles. The topological polar surface area (TPSA) is 28.7 Å². The molecule has 3 heteroatoms. The maximum atomic E-state index is 5.95. The summed E-state index contributed by atoms with van der Waals surface area (Å²) in [4.78, 5) is 0. The molecule has 2 nitrogen and oxygen atoms in total. The first kappa shape index (κ1) is 8.15. The molecule has 0 saturated heterocycles. The predicted molar refractivity (Wildman–Crippen MR) is 53.8 cm³/mol. The minimum absolute atomic E-state index is 0.623. The number of rotatable bonds is 0. The summed E-state index contributed by atoms with van der Waals surface area (Å²) in [5.41, 5.74) is 2.52. The van der Waals surface area contributed by atoms with E-state index in [-0.39, 0.29) is 0 Å². The number of nitrogens with zero attached hydrogens (tertiary/aromatic N) is 1.